The van der Waals surface area contributed by atoms with Crippen LogP contribution < -0.4 is 0 Å². The zero-order chi connectivity index (χ0) is 18.4. The zero-order valence-electron chi connectivity index (χ0n) is 16.7. The van der Waals surface area contributed by atoms with Gasteiger partial charge in [0.15, 0.2) is 0 Å². The van der Waals surface area contributed by atoms with Crippen LogP contribution in [0, 0.1) is 35.5 Å². The first-order valence-corrected chi connectivity index (χ1v) is 10.5. The second-order valence-electron chi connectivity index (χ2n) is 9.88. The largest absolute Gasteiger partial charge is 0.659 e. The van der Waals surface area contributed by atoms with Gasteiger partial charge in [-0.2, -0.15) is 7.05 Å². The maximum atomic E-state index is 4.90. The summed E-state index contributed by atoms with van der Waals surface area (Å²) in [5.41, 5.74) is 1.56. The lowest BCUT2D eigenvalue weighted by molar-refractivity contribution is -0.0559. The third kappa shape index (κ3) is 3.40. The summed E-state index contributed by atoms with van der Waals surface area (Å²) >= 11 is 4.89. The molecule has 0 amide bonds. The highest BCUT2D eigenvalue weighted by Crippen LogP contribution is 2.62. The molecule has 0 bridgehead atoms. The molecule has 3 saturated carbocycles. The molecule has 3 aliphatic carbocycles. The van der Waals surface area contributed by atoms with Gasteiger partial charge in [-0.05, 0) is 81.3 Å². The van der Waals surface area contributed by atoms with Gasteiger partial charge in [-0.25, -0.2) is 4.99 Å². The highest BCUT2D eigenvalue weighted by atomic mass is 32.1. The fourth-order valence-corrected chi connectivity index (χ4v) is 7.01. The molecule has 2 nitrogen and oxygen atoms in total. The molecule has 0 aliphatic heterocycles. The summed E-state index contributed by atoms with van der Waals surface area (Å²) in [5, 5.41) is 7.52. The van der Waals surface area contributed by atoms with Crippen molar-refractivity contribution in [1.82, 2.24) is 0 Å². The molecule has 0 spiro atoms. The van der Waals surface area contributed by atoms with Crippen LogP contribution in [-0.4, -0.2) is 23.3 Å². The van der Waals surface area contributed by atoms with Crippen LogP contribution in [0.5, 0.6) is 0 Å². The molecule has 140 valence electrons. The van der Waals surface area contributed by atoms with Gasteiger partial charge in [-0.15, -0.1) is 5.54 Å². The number of aliphatic imine (C=N–C) groups is 1. The Balaban J connectivity index is 1.94. The number of hydrogen-bond acceptors (Lipinski definition) is 2. The molecular formula is C22H35N2S-. The van der Waals surface area contributed by atoms with Crippen molar-refractivity contribution in [2.45, 2.75) is 77.3 Å². The van der Waals surface area contributed by atoms with Crippen LogP contribution in [0.25, 0.3) is 5.32 Å². The number of rotatable bonds is 4. The van der Waals surface area contributed by atoms with E-state index in [1.54, 1.807) is 0 Å². The van der Waals surface area contributed by atoms with E-state index < -0.39 is 0 Å². The quantitative estimate of drug-likeness (QED) is 0.329. The molecule has 7 atom stereocenters. The molecule has 0 N–H and O–H groups in total. The summed E-state index contributed by atoms with van der Waals surface area (Å²) in [4.78, 5) is 4.47. The number of isothiocyanates is 1. The highest BCUT2D eigenvalue weighted by Gasteiger charge is 2.53. The minimum Gasteiger partial charge on any atom is -0.659 e. The summed E-state index contributed by atoms with van der Waals surface area (Å²) in [7, 11) is 2.04. The van der Waals surface area contributed by atoms with Gasteiger partial charge in [0, 0.05) is 0 Å². The van der Waals surface area contributed by atoms with Crippen molar-refractivity contribution in [1.29, 1.82) is 0 Å². The number of nitrogens with zero attached hydrogens (tertiary/aromatic N) is 2. The molecule has 0 aromatic carbocycles. The number of hydrogen-bond donors (Lipinski definition) is 0. The summed E-state index contributed by atoms with van der Waals surface area (Å²) < 4.78 is 0. The summed E-state index contributed by atoms with van der Waals surface area (Å²) in [6.07, 6.45) is 7.49. The van der Waals surface area contributed by atoms with Gasteiger partial charge in [-0.3, -0.25) is 0 Å². The lowest BCUT2D eigenvalue weighted by Crippen LogP contribution is -2.56. The van der Waals surface area contributed by atoms with Crippen LogP contribution in [0.2, 0.25) is 0 Å². The molecule has 0 saturated heterocycles. The van der Waals surface area contributed by atoms with E-state index in [0.29, 0.717) is 11.8 Å². The van der Waals surface area contributed by atoms with E-state index in [1.165, 1.54) is 37.7 Å². The van der Waals surface area contributed by atoms with Crippen molar-refractivity contribution in [3.05, 3.63) is 17.5 Å². The monoisotopic (exact) mass is 359 g/mol. The van der Waals surface area contributed by atoms with Crippen LogP contribution in [-0.2, 0) is 0 Å². The first-order chi connectivity index (χ1) is 11.7. The average Bonchev–Trinajstić information content (AvgIpc) is 2.53. The third-order valence-corrected chi connectivity index (χ3v) is 8.03. The van der Waals surface area contributed by atoms with Gasteiger partial charge in [0.1, 0.15) is 0 Å². The van der Waals surface area contributed by atoms with Gasteiger partial charge < -0.3 is 5.32 Å². The molecule has 3 fully saturated rings. The van der Waals surface area contributed by atoms with E-state index in [9.17, 15) is 0 Å². The zero-order valence-corrected chi connectivity index (χ0v) is 17.5. The first-order valence-electron chi connectivity index (χ1n) is 10.1. The Bertz CT molecular complexity index is 577. The summed E-state index contributed by atoms with van der Waals surface area (Å²) in [5.74, 6) is 4.48. The lowest BCUT2D eigenvalue weighted by atomic mass is 9.46. The second-order valence-corrected chi connectivity index (χ2v) is 10.1. The fraction of sp³-hybridized carbons (Fsp3) is 0.864. The van der Waals surface area contributed by atoms with E-state index in [1.807, 2.05) is 7.05 Å². The molecule has 0 radical (unpaired) electrons. The summed E-state index contributed by atoms with van der Waals surface area (Å²) in [6.45, 7) is 13.9. The SMILES string of the molecule is C=C1CC[C@H]2[C@H]3[C@H](CC[C@]2(C)[N-]C)[C@@H](C)C[C@@H](CC(C)(C)N=C=S)[C@H]13. The maximum absolute atomic E-state index is 4.90. The number of thiocarbonyl (C=S) groups is 1. The Hall–Kier alpha value is -0.500. The second kappa shape index (κ2) is 6.91. The Labute approximate surface area is 159 Å². The Kier molecular flexibility index (Phi) is 5.32. The maximum Gasteiger partial charge on any atom is 0.0657 e. The normalized spacial score (nSPS) is 44.0. The molecule has 3 aliphatic rings. The molecule has 3 rings (SSSR count). The molecule has 0 aromatic rings. The Morgan fingerprint density at radius 1 is 1.40 bits per heavy atom. The highest BCUT2D eigenvalue weighted by molar-refractivity contribution is 7.78. The third-order valence-electron chi connectivity index (χ3n) is 7.94. The summed E-state index contributed by atoms with van der Waals surface area (Å²) in [6, 6.07) is 0. The van der Waals surface area contributed by atoms with E-state index in [0.717, 1.165) is 30.1 Å². The van der Waals surface area contributed by atoms with Crippen molar-refractivity contribution in [3.8, 4) is 0 Å². The van der Waals surface area contributed by atoms with Gasteiger partial charge >= 0.3 is 0 Å². The van der Waals surface area contributed by atoms with Gasteiger partial charge in [0.2, 0.25) is 0 Å². The van der Waals surface area contributed by atoms with Crippen molar-refractivity contribution in [2.75, 3.05) is 7.05 Å². The van der Waals surface area contributed by atoms with Crippen LogP contribution in [0.3, 0.4) is 0 Å². The molecule has 0 unspecified atom stereocenters. The fourth-order valence-electron chi connectivity index (χ4n) is 6.76. The Morgan fingerprint density at radius 2 is 2.12 bits per heavy atom. The van der Waals surface area contributed by atoms with E-state index >= 15 is 0 Å². The van der Waals surface area contributed by atoms with Crippen molar-refractivity contribution >= 4 is 17.4 Å². The smallest absolute Gasteiger partial charge is 0.0657 e. The van der Waals surface area contributed by atoms with Gasteiger partial charge in [0.05, 0.1) is 10.7 Å². The van der Waals surface area contributed by atoms with Crippen LogP contribution in [0.4, 0.5) is 0 Å². The van der Waals surface area contributed by atoms with Crippen molar-refractivity contribution in [3.63, 3.8) is 0 Å². The van der Waals surface area contributed by atoms with Gasteiger partial charge in [0.25, 0.3) is 0 Å². The predicted molar refractivity (Wildman–Crippen MR) is 110 cm³/mol. The first kappa shape index (κ1) is 19.3. The van der Waals surface area contributed by atoms with Crippen molar-refractivity contribution in [2.24, 2.45) is 40.5 Å². The predicted octanol–water partition coefficient (Wildman–Crippen LogP) is 6.28. The number of allylic oxidation sites excluding steroid dienone is 1. The van der Waals surface area contributed by atoms with Crippen molar-refractivity contribution < 1.29 is 0 Å². The Morgan fingerprint density at radius 3 is 2.76 bits per heavy atom. The minimum absolute atomic E-state index is 0.112. The van der Waals surface area contributed by atoms with E-state index in [2.05, 4.69) is 44.4 Å². The molecule has 25 heavy (non-hydrogen) atoms. The topological polar surface area (TPSA) is 26.5 Å². The van der Waals surface area contributed by atoms with E-state index in [4.69, 9.17) is 17.5 Å². The van der Waals surface area contributed by atoms with Crippen LogP contribution in [0.1, 0.15) is 66.2 Å². The van der Waals surface area contributed by atoms with Gasteiger partial charge in [-0.1, -0.05) is 44.8 Å². The molecular weight excluding hydrogens is 324 g/mol. The van der Waals surface area contributed by atoms with Crippen LogP contribution in [0.15, 0.2) is 17.1 Å². The average molecular weight is 360 g/mol. The van der Waals surface area contributed by atoms with E-state index in [-0.39, 0.29) is 11.1 Å². The lowest BCUT2D eigenvalue weighted by Gasteiger charge is -2.65. The molecule has 0 aromatic heterocycles. The minimum atomic E-state index is -0.112. The molecule has 3 heteroatoms. The standard InChI is InChI=1S/C22H35N2S/c1-14-7-8-18-20-17(9-10-22(18,5)23-6)15(2)11-16(19(14)20)12-21(3,4)24-13-25/h15-20H,1,7-12H2,2-6H3/q-1/t15-,16-,17+,18-,19-,20+,22-/m0/s1. The molecule has 0 heterocycles. The van der Waals surface area contributed by atoms with Crippen LogP contribution >= 0.6 is 12.2 Å².